The van der Waals surface area contributed by atoms with E-state index in [9.17, 15) is 26.8 Å². The minimum Gasteiger partial charge on any atom is -0.352 e. The molecule has 0 spiro atoms. The maximum atomic E-state index is 13.5. The highest BCUT2D eigenvalue weighted by molar-refractivity contribution is 7.90. The van der Waals surface area contributed by atoms with Crippen LogP contribution in [0.4, 0.5) is 14.5 Å². The van der Waals surface area contributed by atoms with E-state index in [1.165, 1.54) is 55.4 Å². The van der Waals surface area contributed by atoms with Gasteiger partial charge in [0.1, 0.15) is 24.2 Å². The van der Waals surface area contributed by atoms with Crippen LogP contribution in [0, 0.1) is 11.6 Å². The van der Waals surface area contributed by atoms with Crippen LogP contribution in [0.2, 0.25) is 0 Å². The van der Waals surface area contributed by atoms with Gasteiger partial charge >= 0.3 is 10.2 Å². The van der Waals surface area contributed by atoms with Crippen molar-refractivity contribution in [1.82, 2.24) is 14.5 Å². The first kappa shape index (κ1) is 28.2. The van der Waals surface area contributed by atoms with Gasteiger partial charge in [0.05, 0.1) is 5.69 Å². The molecule has 0 aliphatic rings. The number of hydrogen-bond donors (Lipinski definition) is 1. The Morgan fingerprint density at radius 2 is 1.46 bits per heavy atom. The lowest BCUT2D eigenvalue weighted by Crippen LogP contribution is -2.53. The lowest BCUT2D eigenvalue weighted by molar-refractivity contribution is -0.139. The monoisotopic (exact) mass is 510 g/mol. The second kappa shape index (κ2) is 12.1. The minimum atomic E-state index is -4.13. The molecule has 35 heavy (non-hydrogen) atoms. The molecule has 11 heteroatoms. The molecule has 2 rings (SSSR count). The molecule has 1 N–H and O–H groups in total. The summed E-state index contributed by atoms with van der Waals surface area (Å²) in [7, 11) is -1.51. The summed E-state index contributed by atoms with van der Waals surface area (Å²) < 4.78 is 54.7. The Bertz CT molecular complexity index is 1110. The zero-order valence-electron chi connectivity index (χ0n) is 20.5. The molecule has 0 heterocycles. The molecule has 8 nitrogen and oxygen atoms in total. The minimum absolute atomic E-state index is 0.0481. The van der Waals surface area contributed by atoms with Crippen molar-refractivity contribution in [3.63, 3.8) is 0 Å². The number of hydrogen-bond acceptors (Lipinski definition) is 4. The summed E-state index contributed by atoms with van der Waals surface area (Å²) in [5.41, 5.74) is 0.652. The maximum absolute atomic E-state index is 13.5. The Labute approximate surface area is 205 Å². The summed E-state index contributed by atoms with van der Waals surface area (Å²) in [5.74, 6) is -2.07. The van der Waals surface area contributed by atoms with Crippen LogP contribution in [0.15, 0.2) is 48.5 Å². The molecule has 0 saturated carbocycles. The molecule has 192 valence electrons. The standard InChI is InChI=1S/C24H32F2N4O4S/c1-6-17(2)27-24(32)18(3)29(15-19-7-9-20(25)10-8-19)23(31)16-30(35(33,34)28(4)5)22-13-11-21(26)12-14-22/h7-14,17-18H,6,15-16H2,1-5H3,(H,27,32)/t17-,18-/m0/s1. The van der Waals surface area contributed by atoms with Gasteiger partial charge < -0.3 is 10.2 Å². The molecule has 2 aromatic rings. The summed E-state index contributed by atoms with van der Waals surface area (Å²) in [4.78, 5) is 27.6. The number of rotatable bonds is 11. The molecule has 0 aliphatic carbocycles. The third kappa shape index (κ3) is 7.46. The SMILES string of the molecule is CC[C@H](C)NC(=O)[C@H](C)N(Cc1ccc(F)cc1)C(=O)CN(c1ccc(F)cc1)S(=O)(=O)N(C)C. The molecule has 2 atom stereocenters. The first-order chi connectivity index (χ1) is 16.4. The van der Waals surface area contributed by atoms with E-state index in [2.05, 4.69) is 5.32 Å². The highest BCUT2D eigenvalue weighted by Crippen LogP contribution is 2.21. The Morgan fingerprint density at radius 3 is 1.94 bits per heavy atom. The van der Waals surface area contributed by atoms with E-state index < -0.39 is 46.2 Å². The maximum Gasteiger partial charge on any atom is 0.304 e. The van der Waals surface area contributed by atoms with Crippen molar-refractivity contribution in [2.45, 2.75) is 45.8 Å². The summed E-state index contributed by atoms with van der Waals surface area (Å²) in [5, 5.41) is 2.82. The van der Waals surface area contributed by atoms with Crippen LogP contribution in [-0.4, -0.2) is 62.2 Å². The van der Waals surface area contributed by atoms with E-state index in [1.807, 2.05) is 13.8 Å². The second-order valence-corrected chi connectivity index (χ2v) is 10.5. The number of halogens is 2. The Hall–Kier alpha value is -3.05. The molecule has 0 aromatic heterocycles. The number of nitrogens with zero attached hydrogens (tertiary/aromatic N) is 3. The summed E-state index contributed by atoms with van der Waals surface area (Å²) in [6.07, 6.45) is 0.684. The van der Waals surface area contributed by atoms with E-state index in [0.29, 0.717) is 12.0 Å². The lowest BCUT2D eigenvalue weighted by Gasteiger charge is -2.33. The molecular weight excluding hydrogens is 478 g/mol. The van der Waals surface area contributed by atoms with E-state index >= 15 is 0 Å². The molecule has 0 radical (unpaired) electrons. The van der Waals surface area contributed by atoms with E-state index in [0.717, 1.165) is 20.7 Å². The topological polar surface area (TPSA) is 90.0 Å². The first-order valence-electron chi connectivity index (χ1n) is 11.2. The van der Waals surface area contributed by atoms with Gasteiger partial charge in [0.25, 0.3) is 0 Å². The van der Waals surface area contributed by atoms with Crippen molar-refractivity contribution in [3.05, 3.63) is 65.7 Å². The van der Waals surface area contributed by atoms with Crippen LogP contribution in [0.1, 0.15) is 32.8 Å². The van der Waals surface area contributed by atoms with E-state index in [4.69, 9.17) is 0 Å². The lowest BCUT2D eigenvalue weighted by atomic mass is 10.1. The molecule has 0 saturated heterocycles. The fourth-order valence-corrected chi connectivity index (χ4v) is 4.21. The van der Waals surface area contributed by atoms with Crippen molar-refractivity contribution in [3.8, 4) is 0 Å². The van der Waals surface area contributed by atoms with Gasteiger partial charge in [-0.15, -0.1) is 0 Å². The van der Waals surface area contributed by atoms with Gasteiger partial charge in [-0.2, -0.15) is 12.7 Å². The fraction of sp³-hybridized carbons (Fsp3) is 0.417. The van der Waals surface area contributed by atoms with Gasteiger partial charge in [0.15, 0.2) is 0 Å². The molecule has 0 fully saturated rings. The predicted molar refractivity (Wildman–Crippen MR) is 131 cm³/mol. The predicted octanol–water partition coefficient (Wildman–Crippen LogP) is 2.91. The van der Waals surface area contributed by atoms with Gasteiger partial charge in [-0.1, -0.05) is 19.1 Å². The summed E-state index contributed by atoms with van der Waals surface area (Å²) >= 11 is 0. The molecule has 0 bridgehead atoms. The number of carbonyl (C=O) groups excluding carboxylic acids is 2. The Kier molecular flexibility index (Phi) is 9.73. The third-order valence-corrected chi connectivity index (χ3v) is 7.39. The van der Waals surface area contributed by atoms with Gasteiger partial charge in [-0.3, -0.25) is 9.59 Å². The quantitative estimate of drug-likeness (QED) is 0.503. The van der Waals surface area contributed by atoms with Crippen molar-refractivity contribution < 1.29 is 26.8 Å². The van der Waals surface area contributed by atoms with Crippen molar-refractivity contribution in [2.24, 2.45) is 0 Å². The molecule has 0 aliphatic heterocycles. The number of nitrogens with one attached hydrogen (secondary N) is 1. The van der Waals surface area contributed by atoms with Gasteiger partial charge in [-0.05, 0) is 62.2 Å². The second-order valence-electron chi connectivity index (χ2n) is 8.42. The zero-order chi connectivity index (χ0) is 26.3. The van der Waals surface area contributed by atoms with Crippen molar-refractivity contribution in [2.75, 3.05) is 24.9 Å². The van der Waals surface area contributed by atoms with Crippen LogP contribution < -0.4 is 9.62 Å². The number of amides is 2. The number of anilines is 1. The number of benzene rings is 2. The molecule has 2 aromatic carbocycles. The average Bonchev–Trinajstić information content (AvgIpc) is 2.81. The smallest absolute Gasteiger partial charge is 0.304 e. The summed E-state index contributed by atoms with van der Waals surface area (Å²) in [6, 6.07) is 9.09. The number of carbonyl (C=O) groups is 2. The zero-order valence-corrected chi connectivity index (χ0v) is 21.4. The first-order valence-corrected chi connectivity index (χ1v) is 12.6. The fourth-order valence-electron chi connectivity index (χ4n) is 3.16. The van der Waals surface area contributed by atoms with Crippen LogP contribution in [0.5, 0.6) is 0 Å². The van der Waals surface area contributed by atoms with Crippen LogP contribution >= 0.6 is 0 Å². The van der Waals surface area contributed by atoms with E-state index in [-0.39, 0.29) is 18.3 Å². The van der Waals surface area contributed by atoms with Gasteiger partial charge in [0, 0.05) is 26.7 Å². The van der Waals surface area contributed by atoms with Gasteiger partial charge in [-0.25, -0.2) is 13.1 Å². The molecular formula is C24H32F2N4O4S. The summed E-state index contributed by atoms with van der Waals surface area (Å²) in [6.45, 7) is 4.60. The van der Waals surface area contributed by atoms with Crippen LogP contribution in [-0.2, 0) is 26.3 Å². The normalized spacial score (nSPS) is 13.3. The van der Waals surface area contributed by atoms with Crippen molar-refractivity contribution >= 4 is 27.7 Å². The average molecular weight is 511 g/mol. The highest BCUT2D eigenvalue weighted by Gasteiger charge is 2.32. The largest absolute Gasteiger partial charge is 0.352 e. The third-order valence-electron chi connectivity index (χ3n) is 5.57. The van der Waals surface area contributed by atoms with E-state index in [1.54, 1.807) is 6.92 Å². The van der Waals surface area contributed by atoms with Crippen molar-refractivity contribution in [1.29, 1.82) is 0 Å². The van der Waals surface area contributed by atoms with Crippen LogP contribution in [0.3, 0.4) is 0 Å². The highest BCUT2D eigenvalue weighted by atomic mass is 32.2. The van der Waals surface area contributed by atoms with Gasteiger partial charge in [0.2, 0.25) is 11.8 Å². The van der Waals surface area contributed by atoms with Crippen LogP contribution in [0.25, 0.3) is 0 Å². The Balaban J connectivity index is 2.43. The molecule has 0 unspecified atom stereocenters. The molecule has 2 amide bonds. The Morgan fingerprint density at radius 1 is 0.943 bits per heavy atom.